The summed E-state index contributed by atoms with van der Waals surface area (Å²) in [7, 11) is 1.73. The molecule has 0 spiro atoms. The summed E-state index contributed by atoms with van der Waals surface area (Å²) in [5.74, 6) is 1.01. The molecule has 0 saturated heterocycles. The molecule has 0 radical (unpaired) electrons. The summed E-state index contributed by atoms with van der Waals surface area (Å²) in [5, 5.41) is 0. The van der Waals surface area contributed by atoms with E-state index in [0.29, 0.717) is 24.2 Å². The maximum Gasteiger partial charge on any atom is 0.136 e. The first-order valence-electron chi connectivity index (χ1n) is 4.20. The van der Waals surface area contributed by atoms with Crippen molar-refractivity contribution in [2.75, 3.05) is 7.11 Å². The van der Waals surface area contributed by atoms with Crippen LogP contribution in [0.4, 0.5) is 0 Å². The summed E-state index contributed by atoms with van der Waals surface area (Å²) in [6.07, 6.45) is 1.89. The Labute approximate surface area is 67.9 Å². The summed E-state index contributed by atoms with van der Waals surface area (Å²) in [4.78, 5) is 11.2. The topological polar surface area (TPSA) is 26.3 Å². The highest BCUT2D eigenvalue weighted by molar-refractivity contribution is 5.81. The monoisotopic (exact) mass is 156 g/mol. The highest BCUT2D eigenvalue weighted by Gasteiger charge is 2.30. The summed E-state index contributed by atoms with van der Waals surface area (Å²) in [6, 6.07) is 0. The molecule has 2 nitrogen and oxygen atoms in total. The predicted molar refractivity (Wildman–Crippen MR) is 43.4 cm³/mol. The second kappa shape index (κ2) is 3.35. The Hall–Kier alpha value is -0.370. The van der Waals surface area contributed by atoms with Gasteiger partial charge in [0, 0.05) is 19.4 Å². The summed E-state index contributed by atoms with van der Waals surface area (Å²) in [6.45, 7) is 4.07. The fourth-order valence-corrected chi connectivity index (χ4v) is 1.69. The van der Waals surface area contributed by atoms with Crippen molar-refractivity contribution in [3.63, 3.8) is 0 Å². The number of rotatable bonds is 1. The third kappa shape index (κ3) is 1.80. The van der Waals surface area contributed by atoms with Gasteiger partial charge in [-0.3, -0.25) is 4.79 Å². The lowest BCUT2D eigenvalue weighted by molar-refractivity contribution is -0.129. The number of ether oxygens (including phenoxy) is 1. The molecule has 0 aromatic heterocycles. The van der Waals surface area contributed by atoms with Gasteiger partial charge >= 0.3 is 0 Å². The van der Waals surface area contributed by atoms with Crippen molar-refractivity contribution in [2.45, 2.75) is 32.8 Å². The predicted octanol–water partition coefficient (Wildman–Crippen LogP) is 1.64. The second-order valence-corrected chi connectivity index (χ2v) is 3.56. The van der Waals surface area contributed by atoms with Crippen molar-refractivity contribution in [1.29, 1.82) is 0 Å². The van der Waals surface area contributed by atoms with Gasteiger partial charge < -0.3 is 4.74 Å². The first kappa shape index (κ1) is 8.72. The molecule has 64 valence electrons. The van der Waals surface area contributed by atoms with Crippen LogP contribution in [0.2, 0.25) is 0 Å². The van der Waals surface area contributed by atoms with E-state index in [2.05, 4.69) is 6.92 Å². The number of hydrogen-bond donors (Lipinski definition) is 0. The molecule has 1 rings (SSSR count). The summed E-state index contributed by atoms with van der Waals surface area (Å²) >= 11 is 0. The molecule has 3 atom stereocenters. The van der Waals surface area contributed by atoms with E-state index >= 15 is 0 Å². The van der Waals surface area contributed by atoms with Crippen molar-refractivity contribution >= 4 is 5.78 Å². The summed E-state index contributed by atoms with van der Waals surface area (Å²) in [5.41, 5.74) is 0. The number of carbonyl (C=O) groups excluding carboxylic acids is 1. The van der Waals surface area contributed by atoms with E-state index in [9.17, 15) is 4.79 Å². The molecule has 1 fully saturated rings. The Balaban J connectivity index is 2.54. The van der Waals surface area contributed by atoms with Crippen molar-refractivity contribution in [2.24, 2.45) is 11.8 Å². The molecule has 0 aliphatic heterocycles. The molecule has 1 saturated carbocycles. The van der Waals surface area contributed by atoms with Crippen LogP contribution >= 0.6 is 0 Å². The molecule has 0 heterocycles. The Morgan fingerprint density at radius 1 is 1.45 bits per heavy atom. The molecule has 11 heavy (non-hydrogen) atoms. The maximum atomic E-state index is 11.2. The fourth-order valence-electron chi connectivity index (χ4n) is 1.69. The van der Waals surface area contributed by atoms with Gasteiger partial charge in [0.2, 0.25) is 0 Å². The lowest BCUT2D eigenvalue weighted by atomic mass is 9.81. The molecular weight excluding hydrogens is 140 g/mol. The Kier molecular flexibility index (Phi) is 2.66. The zero-order valence-corrected chi connectivity index (χ0v) is 7.46. The van der Waals surface area contributed by atoms with E-state index in [1.165, 1.54) is 0 Å². The SMILES string of the molecule is CO[C@@H]1C[C@H](C)C(=O)C[C@@H]1C. The van der Waals surface area contributed by atoms with Crippen LogP contribution in [0.3, 0.4) is 0 Å². The van der Waals surface area contributed by atoms with E-state index in [-0.39, 0.29) is 5.92 Å². The maximum absolute atomic E-state index is 11.2. The molecular formula is C9H16O2. The van der Waals surface area contributed by atoms with Gasteiger partial charge in [0.1, 0.15) is 5.78 Å². The second-order valence-electron chi connectivity index (χ2n) is 3.56. The van der Waals surface area contributed by atoms with Crippen LogP contribution in [0.5, 0.6) is 0 Å². The minimum atomic E-state index is 0.205. The molecule has 0 aromatic carbocycles. The van der Waals surface area contributed by atoms with Gasteiger partial charge in [-0.25, -0.2) is 0 Å². The molecule has 1 aliphatic carbocycles. The summed E-state index contributed by atoms with van der Waals surface area (Å²) < 4.78 is 5.27. The Morgan fingerprint density at radius 3 is 2.64 bits per heavy atom. The van der Waals surface area contributed by atoms with Crippen LogP contribution in [0.1, 0.15) is 26.7 Å². The van der Waals surface area contributed by atoms with Gasteiger partial charge in [-0.05, 0) is 12.3 Å². The minimum Gasteiger partial charge on any atom is -0.381 e. The first-order chi connectivity index (χ1) is 5.15. The highest BCUT2D eigenvalue weighted by atomic mass is 16.5. The van der Waals surface area contributed by atoms with Gasteiger partial charge in [0.25, 0.3) is 0 Å². The Bertz CT molecular complexity index is 154. The Morgan fingerprint density at radius 2 is 2.09 bits per heavy atom. The lowest BCUT2D eigenvalue weighted by Crippen LogP contribution is -2.34. The highest BCUT2D eigenvalue weighted by Crippen LogP contribution is 2.27. The van der Waals surface area contributed by atoms with Crippen molar-refractivity contribution < 1.29 is 9.53 Å². The molecule has 0 amide bonds. The van der Waals surface area contributed by atoms with Crippen LogP contribution in [0.25, 0.3) is 0 Å². The van der Waals surface area contributed by atoms with Gasteiger partial charge in [-0.15, -0.1) is 0 Å². The van der Waals surface area contributed by atoms with E-state index < -0.39 is 0 Å². The van der Waals surface area contributed by atoms with Crippen LogP contribution in [0, 0.1) is 11.8 Å². The van der Waals surface area contributed by atoms with Gasteiger partial charge in [-0.1, -0.05) is 13.8 Å². The first-order valence-corrected chi connectivity index (χ1v) is 4.20. The number of methoxy groups -OCH3 is 1. The van der Waals surface area contributed by atoms with Crippen molar-refractivity contribution in [3.8, 4) is 0 Å². The van der Waals surface area contributed by atoms with Gasteiger partial charge in [-0.2, -0.15) is 0 Å². The van der Waals surface area contributed by atoms with Gasteiger partial charge in [0.05, 0.1) is 6.10 Å². The normalized spacial score (nSPS) is 39.2. The molecule has 1 aliphatic rings. The third-order valence-electron chi connectivity index (χ3n) is 2.60. The zero-order valence-electron chi connectivity index (χ0n) is 7.46. The van der Waals surface area contributed by atoms with Crippen LogP contribution < -0.4 is 0 Å². The quantitative estimate of drug-likeness (QED) is 0.577. The minimum absolute atomic E-state index is 0.205. The molecule has 0 N–H and O–H groups in total. The number of ketones is 1. The van der Waals surface area contributed by atoms with E-state index in [0.717, 1.165) is 6.42 Å². The van der Waals surface area contributed by atoms with Crippen LogP contribution in [0.15, 0.2) is 0 Å². The lowest BCUT2D eigenvalue weighted by Gasteiger charge is -2.30. The largest absolute Gasteiger partial charge is 0.381 e. The number of hydrogen-bond acceptors (Lipinski definition) is 2. The van der Waals surface area contributed by atoms with E-state index in [4.69, 9.17) is 4.74 Å². The zero-order chi connectivity index (χ0) is 8.43. The molecule has 2 heteroatoms. The molecule has 0 aromatic rings. The van der Waals surface area contributed by atoms with E-state index in [1.54, 1.807) is 7.11 Å². The van der Waals surface area contributed by atoms with Crippen molar-refractivity contribution in [1.82, 2.24) is 0 Å². The smallest absolute Gasteiger partial charge is 0.136 e. The fraction of sp³-hybridized carbons (Fsp3) is 0.889. The third-order valence-corrected chi connectivity index (χ3v) is 2.60. The van der Waals surface area contributed by atoms with Crippen molar-refractivity contribution in [3.05, 3.63) is 0 Å². The average Bonchev–Trinajstić information content (AvgIpc) is 1.97. The molecule has 0 bridgehead atoms. The number of Topliss-reactive ketones (excluding diaryl/α,β-unsaturated/α-hetero) is 1. The molecule has 0 unspecified atom stereocenters. The van der Waals surface area contributed by atoms with Crippen LogP contribution in [-0.4, -0.2) is 19.0 Å². The average molecular weight is 156 g/mol. The van der Waals surface area contributed by atoms with Gasteiger partial charge in [0.15, 0.2) is 0 Å². The van der Waals surface area contributed by atoms with Crippen LogP contribution in [-0.2, 0) is 9.53 Å². The number of carbonyl (C=O) groups is 1. The van der Waals surface area contributed by atoms with E-state index in [1.807, 2.05) is 6.92 Å². The standard InChI is InChI=1S/C9H16O2/c1-6-5-9(11-3)7(2)4-8(6)10/h6-7,9H,4-5H2,1-3H3/t6-,7-,9+/m0/s1.